The molecule has 2 unspecified atom stereocenters. The Kier molecular flexibility index (Phi) is 4.87. The SMILES string of the molecule is FC(F)(F)COC1CCCC(NCc2ccc[nH]2)C1. The Bertz CT molecular complexity index is 364. The van der Waals surface area contributed by atoms with Gasteiger partial charge in [-0.2, -0.15) is 13.2 Å². The second-order valence-electron chi connectivity index (χ2n) is 4.99. The summed E-state index contributed by atoms with van der Waals surface area (Å²) in [7, 11) is 0. The lowest BCUT2D eigenvalue weighted by atomic mass is 9.93. The van der Waals surface area contributed by atoms with Gasteiger partial charge in [0.1, 0.15) is 6.61 Å². The molecule has 2 N–H and O–H groups in total. The summed E-state index contributed by atoms with van der Waals surface area (Å²) in [4.78, 5) is 3.09. The van der Waals surface area contributed by atoms with E-state index in [9.17, 15) is 13.2 Å². The Labute approximate surface area is 110 Å². The molecule has 3 nitrogen and oxygen atoms in total. The molecule has 1 fully saturated rings. The van der Waals surface area contributed by atoms with Crippen LogP contribution in [0.25, 0.3) is 0 Å². The molecule has 19 heavy (non-hydrogen) atoms. The molecule has 0 bridgehead atoms. The van der Waals surface area contributed by atoms with Crippen molar-refractivity contribution < 1.29 is 17.9 Å². The van der Waals surface area contributed by atoms with E-state index in [0.29, 0.717) is 13.0 Å². The molecule has 1 aliphatic rings. The second kappa shape index (κ2) is 6.43. The van der Waals surface area contributed by atoms with E-state index in [1.165, 1.54) is 0 Å². The fraction of sp³-hybridized carbons (Fsp3) is 0.692. The van der Waals surface area contributed by atoms with E-state index in [-0.39, 0.29) is 12.1 Å². The predicted octanol–water partition coefficient (Wildman–Crippen LogP) is 2.99. The molecule has 0 amide bonds. The first-order chi connectivity index (χ1) is 9.03. The van der Waals surface area contributed by atoms with Gasteiger partial charge in [0.15, 0.2) is 0 Å². The van der Waals surface area contributed by atoms with Gasteiger partial charge in [-0.3, -0.25) is 0 Å². The molecule has 1 aliphatic carbocycles. The Morgan fingerprint density at radius 2 is 2.21 bits per heavy atom. The molecule has 1 aromatic heterocycles. The smallest absolute Gasteiger partial charge is 0.369 e. The predicted molar refractivity (Wildman–Crippen MR) is 65.7 cm³/mol. The first kappa shape index (κ1) is 14.4. The van der Waals surface area contributed by atoms with Crippen molar-refractivity contribution in [3.63, 3.8) is 0 Å². The molecule has 0 spiro atoms. The Hall–Kier alpha value is -1.01. The zero-order valence-corrected chi connectivity index (χ0v) is 10.7. The number of aromatic nitrogens is 1. The normalized spacial score (nSPS) is 24.6. The van der Waals surface area contributed by atoms with Crippen molar-refractivity contribution >= 4 is 0 Å². The van der Waals surface area contributed by atoms with E-state index in [0.717, 1.165) is 25.0 Å². The van der Waals surface area contributed by atoms with E-state index >= 15 is 0 Å². The lowest BCUT2D eigenvalue weighted by molar-refractivity contribution is -0.188. The fourth-order valence-corrected chi connectivity index (χ4v) is 2.43. The van der Waals surface area contributed by atoms with E-state index in [1.807, 2.05) is 18.3 Å². The summed E-state index contributed by atoms with van der Waals surface area (Å²) >= 11 is 0. The van der Waals surface area contributed by atoms with E-state index in [4.69, 9.17) is 4.74 Å². The van der Waals surface area contributed by atoms with Crippen LogP contribution in [-0.2, 0) is 11.3 Å². The van der Waals surface area contributed by atoms with Crippen LogP contribution in [0.1, 0.15) is 31.4 Å². The molecule has 6 heteroatoms. The Balaban J connectivity index is 1.71. The summed E-state index contributed by atoms with van der Waals surface area (Å²) < 4.78 is 41.2. The third-order valence-corrected chi connectivity index (χ3v) is 3.35. The fourth-order valence-electron chi connectivity index (χ4n) is 2.43. The molecule has 1 saturated carbocycles. The highest BCUT2D eigenvalue weighted by Gasteiger charge is 2.31. The Morgan fingerprint density at radius 3 is 2.89 bits per heavy atom. The van der Waals surface area contributed by atoms with Crippen LogP contribution >= 0.6 is 0 Å². The number of rotatable bonds is 5. The van der Waals surface area contributed by atoms with E-state index < -0.39 is 12.8 Å². The Morgan fingerprint density at radius 1 is 1.37 bits per heavy atom. The second-order valence-corrected chi connectivity index (χ2v) is 4.99. The number of nitrogens with one attached hydrogen (secondary N) is 2. The van der Waals surface area contributed by atoms with Gasteiger partial charge < -0.3 is 15.0 Å². The molecule has 0 radical (unpaired) electrons. The van der Waals surface area contributed by atoms with Crippen LogP contribution in [0.3, 0.4) is 0 Å². The van der Waals surface area contributed by atoms with Crippen molar-refractivity contribution in [2.75, 3.05) is 6.61 Å². The van der Waals surface area contributed by atoms with Crippen LogP contribution in [-0.4, -0.2) is 29.9 Å². The summed E-state index contributed by atoms with van der Waals surface area (Å²) in [5, 5.41) is 3.36. The topological polar surface area (TPSA) is 37.0 Å². The molecule has 2 rings (SSSR count). The van der Waals surface area contributed by atoms with E-state index in [1.54, 1.807) is 0 Å². The highest BCUT2D eigenvalue weighted by molar-refractivity contribution is 5.03. The number of hydrogen-bond donors (Lipinski definition) is 2. The molecule has 2 atom stereocenters. The maximum Gasteiger partial charge on any atom is 0.411 e. The largest absolute Gasteiger partial charge is 0.411 e. The monoisotopic (exact) mass is 276 g/mol. The lowest BCUT2D eigenvalue weighted by Crippen LogP contribution is -2.37. The summed E-state index contributed by atoms with van der Waals surface area (Å²) in [5.41, 5.74) is 1.08. The van der Waals surface area contributed by atoms with Gasteiger partial charge in [-0.1, -0.05) is 0 Å². The summed E-state index contributed by atoms with van der Waals surface area (Å²) in [5.74, 6) is 0. The van der Waals surface area contributed by atoms with Gasteiger partial charge in [0, 0.05) is 24.5 Å². The minimum absolute atomic E-state index is 0.232. The van der Waals surface area contributed by atoms with Crippen LogP contribution in [0.2, 0.25) is 0 Å². The van der Waals surface area contributed by atoms with Gasteiger partial charge in [-0.15, -0.1) is 0 Å². The molecule has 1 aromatic rings. The first-order valence-electron chi connectivity index (χ1n) is 6.57. The van der Waals surface area contributed by atoms with Crippen molar-refractivity contribution in [2.45, 2.75) is 50.6 Å². The number of ether oxygens (including phenoxy) is 1. The maximum atomic E-state index is 12.1. The highest BCUT2D eigenvalue weighted by atomic mass is 19.4. The van der Waals surface area contributed by atoms with Crippen molar-refractivity contribution in [3.8, 4) is 0 Å². The lowest BCUT2D eigenvalue weighted by Gasteiger charge is -2.30. The van der Waals surface area contributed by atoms with Gasteiger partial charge in [0.05, 0.1) is 6.10 Å². The minimum atomic E-state index is -4.23. The van der Waals surface area contributed by atoms with Crippen molar-refractivity contribution in [1.29, 1.82) is 0 Å². The average Bonchev–Trinajstić information content (AvgIpc) is 2.87. The van der Waals surface area contributed by atoms with Crippen LogP contribution in [0.4, 0.5) is 13.2 Å². The number of alkyl halides is 3. The van der Waals surface area contributed by atoms with Crippen LogP contribution in [0.5, 0.6) is 0 Å². The third kappa shape index (κ3) is 5.24. The summed E-state index contributed by atoms with van der Waals surface area (Å²) in [6.45, 7) is -0.426. The standard InChI is InChI=1S/C13H19F3N2O/c14-13(15,16)9-19-12-5-1-3-10(7-12)18-8-11-4-2-6-17-11/h2,4,6,10,12,17-18H,1,3,5,7-9H2. The number of hydrogen-bond acceptors (Lipinski definition) is 2. The third-order valence-electron chi connectivity index (χ3n) is 3.35. The quantitative estimate of drug-likeness (QED) is 0.867. The molecular weight excluding hydrogens is 257 g/mol. The van der Waals surface area contributed by atoms with Gasteiger partial charge in [0.2, 0.25) is 0 Å². The summed E-state index contributed by atoms with van der Waals surface area (Å²) in [6.07, 6.45) is 0.611. The maximum absolute atomic E-state index is 12.1. The number of halogens is 3. The molecule has 0 aromatic carbocycles. The van der Waals surface area contributed by atoms with Gasteiger partial charge in [-0.25, -0.2) is 0 Å². The molecule has 108 valence electrons. The molecule has 1 heterocycles. The highest BCUT2D eigenvalue weighted by Crippen LogP contribution is 2.24. The average molecular weight is 276 g/mol. The van der Waals surface area contributed by atoms with E-state index in [2.05, 4.69) is 10.3 Å². The number of aromatic amines is 1. The number of H-pyrrole nitrogens is 1. The van der Waals surface area contributed by atoms with Crippen molar-refractivity contribution in [2.24, 2.45) is 0 Å². The van der Waals surface area contributed by atoms with Gasteiger partial charge in [-0.05, 0) is 37.8 Å². The first-order valence-corrected chi connectivity index (χ1v) is 6.57. The van der Waals surface area contributed by atoms with Gasteiger partial charge in [0.25, 0.3) is 0 Å². The van der Waals surface area contributed by atoms with Crippen LogP contribution in [0.15, 0.2) is 18.3 Å². The molecular formula is C13H19F3N2O. The van der Waals surface area contributed by atoms with Crippen LogP contribution < -0.4 is 5.32 Å². The van der Waals surface area contributed by atoms with Gasteiger partial charge >= 0.3 is 6.18 Å². The zero-order valence-electron chi connectivity index (χ0n) is 10.7. The molecule has 0 aliphatic heterocycles. The molecule has 0 saturated heterocycles. The zero-order chi connectivity index (χ0) is 13.7. The minimum Gasteiger partial charge on any atom is -0.369 e. The van der Waals surface area contributed by atoms with Crippen molar-refractivity contribution in [1.82, 2.24) is 10.3 Å². The van der Waals surface area contributed by atoms with Crippen molar-refractivity contribution in [3.05, 3.63) is 24.0 Å². The van der Waals surface area contributed by atoms with Crippen LogP contribution in [0, 0.1) is 0 Å². The summed E-state index contributed by atoms with van der Waals surface area (Å²) in [6, 6.07) is 4.14.